The maximum Gasteiger partial charge on any atom is 0.153 e. The molecule has 0 saturated heterocycles. The fourth-order valence-corrected chi connectivity index (χ4v) is 2.55. The van der Waals surface area contributed by atoms with Crippen LogP contribution in [0, 0.1) is 0 Å². The molecule has 2 N–H and O–H groups in total. The van der Waals surface area contributed by atoms with E-state index < -0.39 is 9.84 Å². The molecule has 1 aliphatic rings. The van der Waals surface area contributed by atoms with Crippen LogP contribution in [-0.4, -0.2) is 43.2 Å². The number of nitrogens with one attached hydrogen (secondary N) is 1. The Hall–Kier alpha value is -0.130. The third kappa shape index (κ3) is 3.16. The van der Waals surface area contributed by atoms with Crippen molar-refractivity contribution < 1.29 is 13.5 Å². The van der Waals surface area contributed by atoms with E-state index in [4.69, 9.17) is 5.11 Å². The fourth-order valence-electron chi connectivity index (χ4n) is 1.69. The number of rotatable bonds is 6. The van der Waals surface area contributed by atoms with E-state index in [9.17, 15) is 8.42 Å². The molecule has 0 spiro atoms. The largest absolute Gasteiger partial charge is 0.394 e. The lowest BCUT2D eigenvalue weighted by Gasteiger charge is -2.41. The van der Waals surface area contributed by atoms with Crippen molar-refractivity contribution in [3.05, 3.63) is 0 Å². The van der Waals surface area contributed by atoms with Gasteiger partial charge in [-0.25, -0.2) is 8.42 Å². The topological polar surface area (TPSA) is 66.4 Å². The standard InChI is InChI=1S/C10H21NO3S/c1-9(2)15(13,14)7-6-11-10(8-12)4-3-5-10/h9,11-12H,3-8H2,1-2H3. The van der Waals surface area contributed by atoms with Crippen molar-refractivity contribution in [3.8, 4) is 0 Å². The Morgan fingerprint density at radius 2 is 2.00 bits per heavy atom. The summed E-state index contributed by atoms with van der Waals surface area (Å²) in [4.78, 5) is 0. The van der Waals surface area contributed by atoms with E-state index in [-0.39, 0.29) is 23.1 Å². The summed E-state index contributed by atoms with van der Waals surface area (Å²) in [6, 6.07) is 0. The van der Waals surface area contributed by atoms with Crippen molar-refractivity contribution in [2.24, 2.45) is 0 Å². The molecule has 4 nitrogen and oxygen atoms in total. The maximum atomic E-state index is 11.5. The number of hydrogen-bond donors (Lipinski definition) is 2. The van der Waals surface area contributed by atoms with Gasteiger partial charge in [0.15, 0.2) is 9.84 Å². The molecule has 90 valence electrons. The first-order chi connectivity index (χ1) is 6.92. The molecule has 1 aliphatic carbocycles. The van der Waals surface area contributed by atoms with Gasteiger partial charge in [0, 0.05) is 12.1 Å². The molecule has 5 heteroatoms. The van der Waals surface area contributed by atoms with E-state index in [0.717, 1.165) is 19.3 Å². The van der Waals surface area contributed by atoms with Crippen LogP contribution >= 0.6 is 0 Å². The zero-order valence-corrected chi connectivity index (χ0v) is 10.3. The first-order valence-corrected chi connectivity index (χ1v) is 7.21. The number of aliphatic hydroxyl groups excluding tert-OH is 1. The minimum absolute atomic E-state index is 0.106. The van der Waals surface area contributed by atoms with Crippen LogP contribution < -0.4 is 5.32 Å². The van der Waals surface area contributed by atoms with Crippen LogP contribution in [0.15, 0.2) is 0 Å². The zero-order chi connectivity index (χ0) is 11.5. The SMILES string of the molecule is CC(C)S(=O)(=O)CCNC1(CO)CCC1. The molecule has 0 amide bonds. The lowest BCUT2D eigenvalue weighted by Crippen LogP contribution is -2.55. The highest BCUT2D eigenvalue weighted by Crippen LogP contribution is 2.30. The van der Waals surface area contributed by atoms with Crippen molar-refractivity contribution >= 4 is 9.84 Å². The second-order valence-corrected chi connectivity index (χ2v) is 7.31. The predicted molar refractivity (Wildman–Crippen MR) is 60.6 cm³/mol. The highest BCUT2D eigenvalue weighted by Gasteiger charge is 2.35. The monoisotopic (exact) mass is 235 g/mol. The Bertz CT molecular complexity index is 288. The van der Waals surface area contributed by atoms with Crippen LogP contribution in [0.5, 0.6) is 0 Å². The summed E-state index contributed by atoms with van der Waals surface area (Å²) in [6.07, 6.45) is 3.01. The number of aliphatic hydroxyl groups is 1. The summed E-state index contributed by atoms with van der Waals surface area (Å²) in [5.74, 6) is 0.159. The van der Waals surface area contributed by atoms with Crippen molar-refractivity contribution in [1.82, 2.24) is 5.32 Å². The Morgan fingerprint density at radius 1 is 1.40 bits per heavy atom. The second kappa shape index (κ2) is 4.80. The van der Waals surface area contributed by atoms with Crippen LogP contribution in [0.3, 0.4) is 0 Å². The molecule has 0 atom stereocenters. The second-order valence-electron chi connectivity index (χ2n) is 4.63. The smallest absolute Gasteiger partial charge is 0.153 e. The molecule has 0 aromatic rings. The van der Waals surface area contributed by atoms with E-state index in [2.05, 4.69) is 5.32 Å². The zero-order valence-electron chi connectivity index (χ0n) is 9.49. The quantitative estimate of drug-likeness (QED) is 0.695. The minimum Gasteiger partial charge on any atom is -0.394 e. The van der Waals surface area contributed by atoms with Crippen LogP contribution in [0.4, 0.5) is 0 Å². The molecule has 0 aliphatic heterocycles. The first kappa shape index (κ1) is 12.9. The van der Waals surface area contributed by atoms with Crippen LogP contribution in [-0.2, 0) is 9.84 Å². The minimum atomic E-state index is -2.96. The average Bonchev–Trinajstić information content (AvgIpc) is 2.09. The Morgan fingerprint density at radius 3 is 2.33 bits per heavy atom. The lowest BCUT2D eigenvalue weighted by molar-refractivity contribution is 0.0910. The Balaban J connectivity index is 2.33. The van der Waals surface area contributed by atoms with Gasteiger partial charge in [-0.3, -0.25) is 0 Å². The average molecular weight is 235 g/mol. The van der Waals surface area contributed by atoms with Gasteiger partial charge in [-0.05, 0) is 33.1 Å². The van der Waals surface area contributed by atoms with Gasteiger partial charge in [0.05, 0.1) is 17.6 Å². The highest BCUT2D eigenvalue weighted by atomic mass is 32.2. The summed E-state index contributed by atoms with van der Waals surface area (Å²) in [5.41, 5.74) is -0.188. The summed E-state index contributed by atoms with van der Waals surface area (Å²) >= 11 is 0. The van der Waals surface area contributed by atoms with Crippen LogP contribution in [0.25, 0.3) is 0 Å². The molecule has 0 unspecified atom stereocenters. The molecule has 1 rings (SSSR count). The summed E-state index contributed by atoms with van der Waals surface area (Å²) < 4.78 is 23.0. The molecule has 15 heavy (non-hydrogen) atoms. The van der Waals surface area contributed by atoms with E-state index in [1.165, 1.54) is 0 Å². The Kier molecular flexibility index (Phi) is 4.14. The Labute approximate surface area is 92.0 Å². The highest BCUT2D eigenvalue weighted by molar-refractivity contribution is 7.92. The van der Waals surface area contributed by atoms with Crippen LogP contribution in [0.1, 0.15) is 33.1 Å². The van der Waals surface area contributed by atoms with Gasteiger partial charge < -0.3 is 10.4 Å². The molecular formula is C10H21NO3S. The third-order valence-corrected chi connectivity index (χ3v) is 5.43. The van der Waals surface area contributed by atoms with Crippen molar-refractivity contribution in [3.63, 3.8) is 0 Å². The van der Waals surface area contributed by atoms with Crippen molar-refractivity contribution in [2.45, 2.75) is 43.9 Å². The summed E-state index contributed by atoms with van der Waals surface area (Å²) in [6.45, 7) is 3.94. The molecule has 0 bridgehead atoms. The fraction of sp³-hybridized carbons (Fsp3) is 1.00. The normalized spacial score (nSPS) is 20.3. The van der Waals surface area contributed by atoms with Gasteiger partial charge in [0.1, 0.15) is 0 Å². The molecular weight excluding hydrogens is 214 g/mol. The molecule has 0 aromatic heterocycles. The van der Waals surface area contributed by atoms with Gasteiger partial charge in [-0.1, -0.05) is 0 Å². The van der Waals surface area contributed by atoms with Gasteiger partial charge in [-0.2, -0.15) is 0 Å². The van der Waals surface area contributed by atoms with Crippen molar-refractivity contribution in [1.29, 1.82) is 0 Å². The molecule has 0 aromatic carbocycles. The first-order valence-electron chi connectivity index (χ1n) is 5.49. The van der Waals surface area contributed by atoms with E-state index >= 15 is 0 Å². The lowest BCUT2D eigenvalue weighted by atomic mass is 9.77. The van der Waals surface area contributed by atoms with Crippen LogP contribution in [0.2, 0.25) is 0 Å². The molecule has 0 heterocycles. The molecule has 1 fully saturated rings. The van der Waals surface area contributed by atoms with E-state index in [0.29, 0.717) is 6.54 Å². The third-order valence-electron chi connectivity index (χ3n) is 3.22. The van der Waals surface area contributed by atoms with Gasteiger partial charge >= 0.3 is 0 Å². The van der Waals surface area contributed by atoms with Gasteiger partial charge in [0.2, 0.25) is 0 Å². The molecule has 0 radical (unpaired) electrons. The van der Waals surface area contributed by atoms with E-state index in [1.54, 1.807) is 13.8 Å². The summed E-state index contributed by atoms with van der Waals surface area (Å²) in [7, 11) is -2.96. The van der Waals surface area contributed by atoms with E-state index in [1.807, 2.05) is 0 Å². The maximum absolute atomic E-state index is 11.5. The van der Waals surface area contributed by atoms with Gasteiger partial charge in [-0.15, -0.1) is 0 Å². The molecule has 1 saturated carbocycles. The predicted octanol–water partition coefficient (Wildman–Crippen LogP) is 0.314. The van der Waals surface area contributed by atoms with Gasteiger partial charge in [0.25, 0.3) is 0 Å². The number of hydrogen-bond acceptors (Lipinski definition) is 4. The van der Waals surface area contributed by atoms with Crippen molar-refractivity contribution in [2.75, 3.05) is 18.9 Å². The number of sulfone groups is 1. The summed E-state index contributed by atoms with van der Waals surface area (Å²) in [5, 5.41) is 12.0.